The minimum atomic E-state index is 0.577. The summed E-state index contributed by atoms with van der Waals surface area (Å²) in [6.45, 7) is 6.32. The van der Waals surface area contributed by atoms with Gasteiger partial charge >= 0.3 is 0 Å². The zero-order valence-electron chi connectivity index (χ0n) is 10.2. The molecule has 0 aromatic carbocycles. The second kappa shape index (κ2) is 5.58. The highest BCUT2D eigenvalue weighted by Crippen LogP contribution is 2.04. The van der Waals surface area contributed by atoms with Crippen molar-refractivity contribution in [2.45, 2.75) is 33.4 Å². The van der Waals surface area contributed by atoms with Crippen molar-refractivity contribution in [2.75, 3.05) is 6.54 Å². The Balaban J connectivity index is 2.04. The van der Waals surface area contributed by atoms with E-state index in [4.69, 9.17) is 4.52 Å². The van der Waals surface area contributed by atoms with Crippen LogP contribution in [0.5, 0.6) is 0 Å². The van der Waals surface area contributed by atoms with Gasteiger partial charge in [0.25, 0.3) is 0 Å². The molecule has 2 heterocycles. The van der Waals surface area contributed by atoms with Crippen LogP contribution in [0.4, 0.5) is 0 Å². The van der Waals surface area contributed by atoms with E-state index < -0.39 is 0 Å². The Morgan fingerprint density at radius 1 is 1.41 bits per heavy atom. The number of hydrogen-bond donors (Lipinski definition) is 1. The summed E-state index contributed by atoms with van der Waals surface area (Å²) in [6, 6.07) is 0. The van der Waals surface area contributed by atoms with Crippen molar-refractivity contribution >= 4 is 0 Å². The molecule has 0 bridgehead atoms. The van der Waals surface area contributed by atoms with Crippen molar-refractivity contribution in [1.29, 1.82) is 0 Å². The maximum Gasteiger partial charge on any atom is 0.246 e. The van der Waals surface area contributed by atoms with E-state index in [1.807, 2.05) is 17.7 Å². The fourth-order valence-electron chi connectivity index (χ4n) is 1.53. The van der Waals surface area contributed by atoms with Gasteiger partial charge in [0, 0.05) is 18.8 Å². The van der Waals surface area contributed by atoms with Crippen molar-refractivity contribution in [3.8, 4) is 0 Å². The first-order chi connectivity index (χ1) is 8.33. The number of nitrogens with zero attached hydrogens (tertiary/aromatic N) is 4. The van der Waals surface area contributed by atoms with Crippen LogP contribution in [0.15, 0.2) is 16.9 Å². The molecule has 1 N–H and O–H groups in total. The number of hydrogen-bond acceptors (Lipinski definition) is 5. The van der Waals surface area contributed by atoms with Gasteiger partial charge in [-0.1, -0.05) is 19.0 Å². The standard InChI is InChI=1S/C11H17N5O/c1-3-9-14-11(17-15-9)8-16-6-5-13-10(16)7-12-4-2/h5-6,12H,3-4,7-8H2,1-2H3. The molecule has 0 aliphatic rings. The van der Waals surface area contributed by atoms with Gasteiger partial charge in [-0.25, -0.2) is 4.98 Å². The Hall–Kier alpha value is -1.69. The Bertz CT molecular complexity index is 462. The second-order valence-corrected chi connectivity index (χ2v) is 3.71. The lowest BCUT2D eigenvalue weighted by molar-refractivity contribution is 0.364. The van der Waals surface area contributed by atoms with Crippen LogP contribution < -0.4 is 5.32 Å². The monoisotopic (exact) mass is 235 g/mol. The highest BCUT2D eigenvalue weighted by Gasteiger charge is 2.08. The van der Waals surface area contributed by atoms with E-state index in [9.17, 15) is 0 Å². The molecule has 2 rings (SSSR count). The molecule has 0 saturated heterocycles. The molecule has 0 spiro atoms. The van der Waals surface area contributed by atoms with Crippen molar-refractivity contribution in [3.63, 3.8) is 0 Å². The molecular weight excluding hydrogens is 218 g/mol. The summed E-state index contributed by atoms with van der Waals surface area (Å²) in [7, 11) is 0. The maximum atomic E-state index is 5.16. The van der Waals surface area contributed by atoms with Gasteiger partial charge in [0.05, 0.1) is 6.54 Å². The molecule has 0 aliphatic heterocycles. The fraction of sp³-hybridized carbons (Fsp3) is 0.545. The van der Waals surface area contributed by atoms with Crippen LogP contribution in [-0.4, -0.2) is 26.2 Å². The molecule has 92 valence electrons. The Kier molecular flexibility index (Phi) is 3.87. The molecule has 0 fully saturated rings. The van der Waals surface area contributed by atoms with E-state index in [-0.39, 0.29) is 0 Å². The Labute approximate surface area is 100 Å². The van der Waals surface area contributed by atoms with Crippen LogP contribution in [0.3, 0.4) is 0 Å². The predicted octanol–water partition coefficient (Wildman–Crippen LogP) is 0.986. The number of aryl methyl sites for hydroxylation is 1. The van der Waals surface area contributed by atoms with E-state index in [1.54, 1.807) is 6.20 Å². The lowest BCUT2D eigenvalue weighted by Crippen LogP contribution is -2.16. The summed E-state index contributed by atoms with van der Waals surface area (Å²) in [5.74, 6) is 2.34. The first-order valence-electron chi connectivity index (χ1n) is 5.85. The van der Waals surface area contributed by atoms with E-state index in [1.165, 1.54) is 0 Å². The van der Waals surface area contributed by atoms with Crippen LogP contribution in [0.25, 0.3) is 0 Å². The largest absolute Gasteiger partial charge is 0.337 e. The summed E-state index contributed by atoms with van der Waals surface area (Å²) in [5.41, 5.74) is 0. The molecule has 17 heavy (non-hydrogen) atoms. The predicted molar refractivity (Wildman–Crippen MR) is 62.4 cm³/mol. The molecule has 0 amide bonds. The number of nitrogens with one attached hydrogen (secondary N) is 1. The molecule has 0 unspecified atom stereocenters. The van der Waals surface area contributed by atoms with Gasteiger partial charge < -0.3 is 14.4 Å². The third-order valence-corrected chi connectivity index (χ3v) is 2.47. The van der Waals surface area contributed by atoms with E-state index in [0.29, 0.717) is 12.4 Å². The summed E-state index contributed by atoms with van der Waals surface area (Å²) in [6.07, 6.45) is 4.49. The summed E-state index contributed by atoms with van der Waals surface area (Å²) >= 11 is 0. The molecule has 0 radical (unpaired) electrons. The first-order valence-corrected chi connectivity index (χ1v) is 5.85. The van der Waals surface area contributed by atoms with Crippen molar-refractivity contribution in [2.24, 2.45) is 0 Å². The summed E-state index contributed by atoms with van der Waals surface area (Å²) in [5, 5.41) is 7.11. The van der Waals surface area contributed by atoms with Crippen LogP contribution >= 0.6 is 0 Å². The molecule has 2 aromatic heterocycles. The molecule has 0 atom stereocenters. The van der Waals surface area contributed by atoms with Crippen LogP contribution in [0.2, 0.25) is 0 Å². The average molecular weight is 235 g/mol. The van der Waals surface area contributed by atoms with E-state index >= 15 is 0 Å². The van der Waals surface area contributed by atoms with E-state index in [0.717, 1.165) is 31.2 Å². The van der Waals surface area contributed by atoms with Gasteiger partial charge in [-0.2, -0.15) is 4.98 Å². The Morgan fingerprint density at radius 2 is 2.29 bits per heavy atom. The number of aromatic nitrogens is 4. The van der Waals surface area contributed by atoms with E-state index in [2.05, 4.69) is 27.4 Å². The molecule has 0 saturated carbocycles. The van der Waals surface area contributed by atoms with Gasteiger partial charge in [-0.3, -0.25) is 0 Å². The average Bonchev–Trinajstić information content (AvgIpc) is 2.96. The zero-order valence-corrected chi connectivity index (χ0v) is 10.2. The minimum Gasteiger partial charge on any atom is -0.337 e. The minimum absolute atomic E-state index is 0.577. The molecule has 6 heteroatoms. The van der Waals surface area contributed by atoms with Crippen LogP contribution in [0.1, 0.15) is 31.4 Å². The van der Waals surface area contributed by atoms with Crippen molar-refractivity contribution in [1.82, 2.24) is 25.0 Å². The molecule has 2 aromatic rings. The van der Waals surface area contributed by atoms with Crippen LogP contribution in [-0.2, 0) is 19.5 Å². The topological polar surface area (TPSA) is 68.8 Å². The Morgan fingerprint density at radius 3 is 3.00 bits per heavy atom. The fourth-order valence-corrected chi connectivity index (χ4v) is 1.53. The molecule has 0 aliphatic carbocycles. The quantitative estimate of drug-likeness (QED) is 0.808. The number of rotatable bonds is 6. The van der Waals surface area contributed by atoms with Crippen molar-refractivity contribution in [3.05, 3.63) is 29.9 Å². The highest BCUT2D eigenvalue weighted by atomic mass is 16.5. The lowest BCUT2D eigenvalue weighted by Gasteiger charge is -2.04. The normalized spacial score (nSPS) is 10.9. The maximum absolute atomic E-state index is 5.16. The lowest BCUT2D eigenvalue weighted by atomic mass is 10.4. The van der Waals surface area contributed by atoms with Crippen molar-refractivity contribution < 1.29 is 4.52 Å². The van der Waals surface area contributed by atoms with Crippen LogP contribution in [0, 0.1) is 0 Å². The first kappa shape index (κ1) is 11.8. The van der Waals surface area contributed by atoms with Gasteiger partial charge in [0.15, 0.2) is 5.82 Å². The summed E-state index contributed by atoms with van der Waals surface area (Å²) < 4.78 is 7.17. The second-order valence-electron chi connectivity index (χ2n) is 3.71. The third-order valence-electron chi connectivity index (χ3n) is 2.47. The summed E-state index contributed by atoms with van der Waals surface area (Å²) in [4.78, 5) is 8.57. The highest BCUT2D eigenvalue weighted by molar-refractivity contribution is 4.96. The third kappa shape index (κ3) is 2.91. The molecule has 6 nitrogen and oxygen atoms in total. The van der Waals surface area contributed by atoms with Gasteiger partial charge in [0.2, 0.25) is 5.89 Å². The smallest absolute Gasteiger partial charge is 0.246 e. The molecular formula is C11H17N5O. The zero-order chi connectivity index (χ0) is 12.1. The van der Waals surface area contributed by atoms with Gasteiger partial charge in [0.1, 0.15) is 12.4 Å². The van der Waals surface area contributed by atoms with Gasteiger partial charge in [-0.05, 0) is 6.54 Å². The number of imidazole rings is 1. The SMILES string of the molecule is CCNCc1nccn1Cc1nc(CC)no1. The van der Waals surface area contributed by atoms with Gasteiger partial charge in [-0.15, -0.1) is 0 Å².